The van der Waals surface area contributed by atoms with Crippen LogP contribution in [0.2, 0.25) is 0 Å². The third-order valence-corrected chi connectivity index (χ3v) is 8.69. The Labute approximate surface area is 135 Å². The van der Waals surface area contributed by atoms with Crippen molar-refractivity contribution in [3.8, 4) is 0 Å². The zero-order valence-corrected chi connectivity index (χ0v) is 14.3. The van der Waals surface area contributed by atoms with Gasteiger partial charge in [0.2, 0.25) is 0 Å². The van der Waals surface area contributed by atoms with Gasteiger partial charge in [0.25, 0.3) is 0 Å². The summed E-state index contributed by atoms with van der Waals surface area (Å²) in [5, 5.41) is 0. The summed E-state index contributed by atoms with van der Waals surface area (Å²) in [7, 11) is 0. The summed E-state index contributed by atoms with van der Waals surface area (Å²) in [4.78, 5) is 11.5. The second-order valence-electron chi connectivity index (χ2n) is 5.11. The molecule has 0 N–H and O–H groups in total. The number of hydrogen-bond donors (Lipinski definition) is 0. The average molecular weight is 348 g/mol. The number of Topliss-reactive ketones (excluding diaryl/α,β-unsaturated/α-hetero) is 1. The maximum absolute atomic E-state index is 11.5. The second kappa shape index (κ2) is 6.77. The molecule has 3 rings (SSSR count). The van der Waals surface area contributed by atoms with Gasteiger partial charge in [-0.25, -0.2) is 0 Å². The molecule has 0 saturated heterocycles. The zero-order valence-electron chi connectivity index (χ0n) is 12.4. The molecule has 0 heterocycles. The van der Waals surface area contributed by atoms with Gasteiger partial charge >= 0.3 is 136 Å². The molecule has 0 aliphatic rings. The van der Waals surface area contributed by atoms with Gasteiger partial charge in [0.05, 0.1) is 0 Å². The Hall–Kier alpha value is -2.11. The van der Waals surface area contributed by atoms with Crippen LogP contribution in [0.3, 0.4) is 0 Å². The Morgan fingerprint density at radius 2 is 1.05 bits per heavy atom. The monoisotopic (exact) mass is 348 g/mol. The summed E-state index contributed by atoms with van der Waals surface area (Å²) < 4.78 is 4.14. The normalized spacial score (nSPS) is 10.6. The van der Waals surface area contributed by atoms with Gasteiger partial charge in [0, 0.05) is 0 Å². The van der Waals surface area contributed by atoms with Crippen LogP contribution in [-0.2, 0) is 0 Å². The zero-order chi connectivity index (χ0) is 15.4. The van der Waals surface area contributed by atoms with E-state index >= 15 is 0 Å². The minimum atomic E-state index is -1.55. The number of benzene rings is 3. The van der Waals surface area contributed by atoms with Gasteiger partial charge in [-0.1, -0.05) is 0 Å². The van der Waals surface area contributed by atoms with E-state index in [0.29, 0.717) is 0 Å². The molecule has 0 atom stereocenters. The standard InChI is InChI=1S/C20H17AsO/c1-16(22)17-12-14-20(15-13-17)21(18-8-4-2-5-9-18)19-10-6-3-7-11-19/h2-15H,1H3. The van der Waals surface area contributed by atoms with Crippen LogP contribution in [0.4, 0.5) is 0 Å². The molecule has 0 bridgehead atoms. The summed E-state index contributed by atoms with van der Waals surface area (Å²) >= 11 is -1.55. The van der Waals surface area contributed by atoms with Crippen molar-refractivity contribution in [3.05, 3.63) is 90.5 Å². The molecule has 0 saturated carbocycles. The van der Waals surface area contributed by atoms with Crippen molar-refractivity contribution >= 4 is 33.5 Å². The van der Waals surface area contributed by atoms with Gasteiger partial charge in [-0.15, -0.1) is 0 Å². The molecular formula is C20H17AsO. The van der Waals surface area contributed by atoms with Gasteiger partial charge < -0.3 is 0 Å². The van der Waals surface area contributed by atoms with Crippen LogP contribution < -0.4 is 13.1 Å². The van der Waals surface area contributed by atoms with E-state index in [2.05, 4.69) is 72.8 Å². The van der Waals surface area contributed by atoms with E-state index < -0.39 is 14.7 Å². The van der Waals surface area contributed by atoms with Gasteiger partial charge in [-0.05, 0) is 0 Å². The fraction of sp³-hybridized carbons (Fsp3) is 0.0500. The van der Waals surface area contributed by atoms with Crippen molar-refractivity contribution in [1.82, 2.24) is 0 Å². The van der Waals surface area contributed by atoms with Crippen molar-refractivity contribution in [3.63, 3.8) is 0 Å². The Balaban J connectivity index is 2.08. The van der Waals surface area contributed by atoms with E-state index in [1.807, 2.05) is 12.1 Å². The third kappa shape index (κ3) is 3.21. The van der Waals surface area contributed by atoms with E-state index in [0.717, 1.165) is 5.56 Å². The van der Waals surface area contributed by atoms with Crippen LogP contribution in [0.5, 0.6) is 0 Å². The Bertz CT molecular complexity index is 709. The number of ketones is 1. The fourth-order valence-electron chi connectivity index (χ4n) is 2.45. The van der Waals surface area contributed by atoms with Crippen molar-refractivity contribution in [2.45, 2.75) is 6.92 Å². The third-order valence-electron chi connectivity index (χ3n) is 3.56. The molecule has 0 aliphatic carbocycles. The molecule has 3 aromatic rings. The van der Waals surface area contributed by atoms with Crippen LogP contribution in [0, 0.1) is 0 Å². The van der Waals surface area contributed by atoms with E-state index in [4.69, 9.17) is 0 Å². The molecule has 0 unspecified atom stereocenters. The average Bonchev–Trinajstić information content (AvgIpc) is 2.57. The topological polar surface area (TPSA) is 17.1 Å². The molecule has 0 aromatic heterocycles. The molecule has 0 aliphatic heterocycles. The molecule has 0 radical (unpaired) electrons. The Morgan fingerprint density at radius 3 is 1.45 bits per heavy atom. The Morgan fingerprint density at radius 1 is 0.636 bits per heavy atom. The van der Waals surface area contributed by atoms with Crippen molar-refractivity contribution in [2.24, 2.45) is 0 Å². The van der Waals surface area contributed by atoms with Crippen molar-refractivity contribution < 1.29 is 4.79 Å². The minimum absolute atomic E-state index is 0.116. The van der Waals surface area contributed by atoms with Gasteiger partial charge in [0.15, 0.2) is 0 Å². The summed E-state index contributed by atoms with van der Waals surface area (Å²) in [6.45, 7) is 1.61. The van der Waals surface area contributed by atoms with E-state index in [1.54, 1.807) is 6.92 Å². The molecule has 22 heavy (non-hydrogen) atoms. The predicted molar refractivity (Wildman–Crippen MR) is 94.0 cm³/mol. The molecule has 0 amide bonds. The summed E-state index contributed by atoms with van der Waals surface area (Å²) in [5.74, 6) is 0.116. The van der Waals surface area contributed by atoms with Crippen LogP contribution >= 0.6 is 0 Å². The second-order valence-corrected chi connectivity index (χ2v) is 9.77. The first kappa shape index (κ1) is 14.8. The summed E-state index contributed by atoms with van der Waals surface area (Å²) in [6, 6.07) is 29.5. The van der Waals surface area contributed by atoms with Crippen LogP contribution in [0.15, 0.2) is 84.9 Å². The fourth-order valence-corrected chi connectivity index (χ4v) is 7.23. The number of carbonyl (C=O) groups excluding carboxylic acids is 1. The van der Waals surface area contributed by atoms with Crippen LogP contribution in [0.25, 0.3) is 0 Å². The van der Waals surface area contributed by atoms with E-state index in [-0.39, 0.29) is 5.78 Å². The summed E-state index contributed by atoms with van der Waals surface area (Å²) in [6.07, 6.45) is 0. The number of rotatable bonds is 4. The van der Waals surface area contributed by atoms with E-state index in [9.17, 15) is 4.79 Å². The van der Waals surface area contributed by atoms with Gasteiger partial charge in [-0.2, -0.15) is 0 Å². The quantitative estimate of drug-likeness (QED) is 0.523. The maximum atomic E-state index is 11.5. The molecule has 3 aromatic carbocycles. The van der Waals surface area contributed by atoms with Crippen LogP contribution in [-0.4, -0.2) is 20.4 Å². The molecular weight excluding hydrogens is 331 g/mol. The van der Waals surface area contributed by atoms with Gasteiger partial charge in [-0.3, -0.25) is 0 Å². The van der Waals surface area contributed by atoms with Crippen LogP contribution in [0.1, 0.15) is 17.3 Å². The predicted octanol–water partition coefficient (Wildman–Crippen LogP) is 2.41. The SMILES string of the molecule is CC(=O)c1ccc([As](c2ccccc2)c2ccccc2)cc1. The number of hydrogen-bond acceptors (Lipinski definition) is 1. The van der Waals surface area contributed by atoms with Crippen molar-refractivity contribution in [1.29, 1.82) is 0 Å². The molecule has 108 valence electrons. The first-order valence-corrected chi connectivity index (χ1v) is 10.1. The summed E-state index contributed by atoms with van der Waals surface area (Å²) in [5.41, 5.74) is 0.777. The molecule has 0 fully saturated rings. The van der Waals surface area contributed by atoms with E-state index in [1.165, 1.54) is 13.1 Å². The first-order chi connectivity index (χ1) is 10.8. The molecule has 0 spiro atoms. The first-order valence-electron chi connectivity index (χ1n) is 7.27. The van der Waals surface area contributed by atoms with Gasteiger partial charge in [0.1, 0.15) is 0 Å². The Kier molecular flexibility index (Phi) is 4.55. The molecule has 2 heteroatoms. The molecule has 1 nitrogen and oxygen atoms in total. The van der Waals surface area contributed by atoms with Crippen molar-refractivity contribution in [2.75, 3.05) is 0 Å². The number of carbonyl (C=O) groups is 1.